The summed E-state index contributed by atoms with van der Waals surface area (Å²) in [6, 6.07) is 1.79. The Kier molecular flexibility index (Phi) is 1.96. The van der Waals surface area contributed by atoms with Crippen LogP contribution < -0.4 is 4.68 Å². The average Bonchev–Trinajstić information content (AvgIpc) is 2.29. The van der Waals surface area contributed by atoms with E-state index in [1.165, 1.54) is 0 Å². The van der Waals surface area contributed by atoms with E-state index in [1.54, 1.807) is 12.3 Å². The van der Waals surface area contributed by atoms with Crippen LogP contribution in [-0.4, -0.2) is 10.1 Å². The topological polar surface area (TPSA) is 32.6 Å². The fraction of sp³-hybridized carbons (Fsp3) is 0.143. The number of hydrogen-bond acceptors (Lipinski definition) is 1. The van der Waals surface area contributed by atoms with Gasteiger partial charge in [-0.05, 0) is 6.07 Å². The molecule has 0 amide bonds. The zero-order valence-electron chi connectivity index (χ0n) is 6.31. The van der Waals surface area contributed by atoms with Gasteiger partial charge < -0.3 is 0 Å². The molecule has 0 saturated heterocycles. The predicted octanol–water partition coefficient (Wildman–Crippen LogP) is 1.65. The monoisotopic (exact) mass is 294 g/mol. The maximum atomic E-state index is 6.00. The van der Waals surface area contributed by atoms with Gasteiger partial charge in [0.2, 0.25) is 5.65 Å². The molecule has 1 N–H and O–H groups in total. The number of aryl methyl sites for hydroxylation is 1. The van der Waals surface area contributed by atoms with E-state index < -0.39 is 0 Å². The van der Waals surface area contributed by atoms with Gasteiger partial charge in [-0.2, -0.15) is 0 Å². The summed E-state index contributed by atoms with van der Waals surface area (Å²) < 4.78 is 2.96. The molecule has 12 heavy (non-hydrogen) atoms. The summed E-state index contributed by atoms with van der Waals surface area (Å²) in [4.78, 5) is 4.16. The number of hydrogen-bond donors (Lipinski definition) is 1. The quantitative estimate of drug-likeness (QED) is 0.581. The van der Waals surface area contributed by atoms with Gasteiger partial charge in [0.15, 0.2) is 7.05 Å². The number of nitrogens with zero attached hydrogens (tertiary/aromatic N) is 2. The zero-order valence-corrected chi connectivity index (χ0v) is 9.22. The molecular weight excluding hydrogens is 288 g/mol. The van der Waals surface area contributed by atoms with Gasteiger partial charge in [0.25, 0.3) is 3.70 Å². The van der Waals surface area contributed by atoms with E-state index in [4.69, 9.17) is 11.6 Å². The second-order valence-electron chi connectivity index (χ2n) is 2.48. The highest BCUT2D eigenvalue weighted by Gasteiger charge is 2.16. The van der Waals surface area contributed by atoms with Gasteiger partial charge in [-0.25, -0.2) is 4.98 Å². The van der Waals surface area contributed by atoms with E-state index in [1.807, 2.05) is 11.7 Å². The van der Waals surface area contributed by atoms with Crippen molar-refractivity contribution in [2.24, 2.45) is 7.05 Å². The summed E-state index contributed by atoms with van der Waals surface area (Å²) in [6.07, 6.45) is 1.69. The molecule has 0 aromatic carbocycles. The minimum atomic E-state index is 0.737. The van der Waals surface area contributed by atoms with Crippen molar-refractivity contribution in [3.05, 3.63) is 21.0 Å². The van der Waals surface area contributed by atoms with Gasteiger partial charge in [0, 0.05) is 28.8 Å². The normalized spacial score (nSPS) is 10.9. The largest absolute Gasteiger partial charge is 0.277 e. The molecule has 0 saturated carbocycles. The van der Waals surface area contributed by atoms with E-state index in [0.29, 0.717) is 0 Å². The molecule has 0 atom stereocenters. The molecule has 0 spiro atoms. The summed E-state index contributed by atoms with van der Waals surface area (Å²) in [5, 5.41) is 4.81. The van der Waals surface area contributed by atoms with Gasteiger partial charge in [-0.1, -0.05) is 11.6 Å². The maximum absolute atomic E-state index is 6.00. The van der Waals surface area contributed by atoms with Gasteiger partial charge in [-0.15, -0.1) is 9.78 Å². The lowest BCUT2D eigenvalue weighted by Crippen LogP contribution is -2.32. The van der Waals surface area contributed by atoms with Crippen LogP contribution in [0.1, 0.15) is 0 Å². The lowest BCUT2D eigenvalue weighted by atomic mass is 10.4. The number of halogens is 2. The number of H-pyrrole nitrogens is 1. The van der Waals surface area contributed by atoms with Crippen LogP contribution >= 0.6 is 34.2 Å². The van der Waals surface area contributed by atoms with Gasteiger partial charge in [0.1, 0.15) is 5.39 Å². The molecular formula is C7H6ClIN3+. The third-order valence-electron chi connectivity index (χ3n) is 1.67. The number of aromatic nitrogens is 3. The van der Waals surface area contributed by atoms with Crippen molar-refractivity contribution in [2.45, 2.75) is 0 Å². The number of nitrogens with one attached hydrogen (secondary N) is 1. The van der Waals surface area contributed by atoms with Crippen molar-refractivity contribution < 1.29 is 4.68 Å². The Morgan fingerprint density at radius 1 is 1.67 bits per heavy atom. The minimum absolute atomic E-state index is 0.737. The third-order valence-corrected chi connectivity index (χ3v) is 3.25. The second-order valence-corrected chi connectivity index (χ2v) is 3.91. The highest BCUT2D eigenvalue weighted by atomic mass is 127. The fourth-order valence-corrected chi connectivity index (χ4v) is 2.16. The summed E-state index contributed by atoms with van der Waals surface area (Å²) in [5.74, 6) is 0. The van der Waals surface area contributed by atoms with Crippen LogP contribution in [0.5, 0.6) is 0 Å². The first-order chi connectivity index (χ1) is 5.70. The van der Waals surface area contributed by atoms with Crippen LogP contribution in [0.3, 0.4) is 0 Å². The average molecular weight is 295 g/mol. The summed E-state index contributed by atoms with van der Waals surface area (Å²) in [5.41, 5.74) is 0.828. The van der Waals surface area contributed by atoms with Gasteiger partial charge in [-0.3, -0.25) is 0 Å². The SMILES string of the molecule is C[n+]1[nH]c2nccc(Cl)c2c1I. The van der Waals surface area contributed by atoms with E-state index in [9.17, 15) is 0 Å². The highest BCUT2D eigenvalue weighted by molar-refractivity contribution is 14.1. The van der Waals surface area contributed by atoms with Crippen LogP contribution in [0.15, 0.2) is 12.3 Å². The van der Waals surface area contributed by atoms with Crippen molar-refractivity contribution in [3.63, 3.8) is 0 Å². The molecule has 3 nitrogen and oxygen atoms in total. The highest BCUT2D eigenvalue weighted by Crippen LogP contribution is 2.22. The molecule has 0 unspecified atom stereocenters. The van der Waals surface area contributed by atoms with Crippen LogP contribution in [0.25, 0.3) is 11.0 Å². The summed E-state index contributed by atoms with van der Waals surface area (Å²) in [7, 11) is 1.93. The van der Waals surface area contributed by atoms with Gasteiger partial charge >= 0.3 is 0 Å². The van der Waals surface area contributed by atoms with Crippen molar-refractivity contribution in [2.75, 3.05) is 0 Å². The molecule has 0 aliphatic rings. The molecule has 5 heteroatoms. The lowest BCUT2D eigenvalue weighted by Gasteiger charge is -1.86. The molecule has 2 aromatic rings. The number of rotatable bonds is 0. The van der Waals surface area contributed by atoms with Gasteiger partial charge in [0.05, 0.1) is 5.02 Å². The number of fused-ring (bicyclic) bond motifs is 1. The minimum Gasteiger partial charge on any atom is -0.234 e. The molecule has 0 aliphatic heterocycles. The standard InChI is InChI=1S/C7H5ClIN3/c1-12-6(9)5-4(8)2-3-10-7(5)11-12/h2-3H,1H3/p+1. The Morgan fingerprint density at radius 3 is 3.08 bits per heavy atom. The Morgan fingerprint density at radius 2 is 2.42 bits per heavy atom. The number of pyridine rings is 1. The fourth-order valence-electron chi connectivity index (χ4n) is 1.09. The third kappa shape index (κ3) is 1.09. The Bertz CT molecular complexity index is 437. The maximum Gasteiger partial charge on any atom is 0.277 e. The molecule has 0 radical (unpaired) electrons. The first kappa shape index (κ1) is 8.25. The Labute approximate surface area is 87.9 Å². The molecule has 2 rings (SSSR count). The lowest BCUT2D eigenvalue weighted by molar-refractivity contribution is -0.736. The van der Waals surface area contributed by atoms with E-state index in [-0.39, 0.29) is 0 Å². The van der Waals surface area contributed by atoms with E-state index in [0.717, 1.165) is 19.8 Å². The van der Waals surface area contributed by atoms with Crippen LogP contribution in [0, 0.1) is 3.70 Å². The van der Waals surface area contributed by atoms with Crippen molar-refractivity contribution in [1.82, 2.24) is 10.1 Å². The first-order valence-electron chi connectivity index (χ1n) is 3.38. The molecule has 2 heterocycles. The predicted molar refractivity (Wildman–Crippen MR) is 55.0 cm³/mol. The zero-order chi connectivity index (χ0) is 8.72. The van der Waals surface area contributed by atoms with E-state index in [2.05, 4.69) is 32.7 Å². The molecule has 0 aliphatic carbocycles. The molecule has 62 valence electrons. The summed E-state index contributed by atoms with van der Waals surface area (Å²) >= 11 is 8.23. The second kappa shape index (κ2) is 2.85. The number of aromatic amines is 1. The molecule has 2 aromatic heterocycles. The van der Waals surface area contributed by atoms with Crippen molar-refractivity contribution in [1.29, 1.82) is 0 Å². The first-order valence-corrected chi connectivity index (χ1v) is 4.83. The van der Waals surface area contributed by atoms with Crippen LogP contribution in [0.4, 0.5) is 0 Å². The molecule has 0 bridgehead atoms. The van der Waals surface area contributed by atoms with E-state index >= 15 is 0 Å². The molecule has 0 fully saturated rings. The smallest absolute Gasteiger partial charge is 0.234 e. The van der Waals surface area contributed by atoms with Crippen molar-refractivity contribution >= 4 is 45.2 Å². The Hall–Kier alpha value is -0.360. The Balaban J connectivity index is 2.97. The summed E-state index contributed by atoms with van der Waals surface area (Å²) in [6.45, 7) is 0. The van der Waals surface area contributed by atoms with Crippen molar-refractivity contribution in [3.8, 4) is 0 Å². The van der Waals surface area contributed by atoms with Crippen LogP contribution in [0.2, 0.25) is 5.02 Å². The van der Waals surface area contributed by atoms with Crippen LogP contribution in [-0.2, 0) is 7.05 Å².